The Hall–Kier alpha value is -0.570. The Morgan fingerprint density at radius 1 is 1.62 bits per heavy atom. The van der Waals surface area contributed by atoms with E-state index >= 15 is 0 Å². The first-order chi connectivity index (χ1) is 6.24. The molecule has 0 radical (unpaired) electrons. The van der Waals surface area contributed by atoms with Gasteiger partial charge in [0.25, 0.3) is 0 Å². The predicted molar refractivity (Wildman–Crippen MR) is 51.1 cm³/mol. The maximum absolute atomic E-state index is 11.8. The Labute approximate surface area is 79.5 Å². The highest BCUT2D eigenvalue weighted by atomic mass is 16.2. The summed E-state index contributed by atoms with van der Waals surface area (Å²) < 4.78 is 0. The second kappa shape index (κ2) is 3.29. The lowest BCUT2D eigenvalue weighted by Gasteiger charge is -2.23. The Balaban J connectivity index is 1.96. The molecule has 1 aliphatic heterocycles. The van der Waals surface area contributed by atoms with Gasteiger partial charge in [-0.15, -0.1) is 0 Å². The van der Waals surface area contributed by atoms with E-state index in [2.05, 4.69) is 19.2 Å². The van der Waals surface area contributed by atoms with E-state index in [0.717, 1.165) is 19.0 Å². The molecule has 74 valence electrons. The lowest BCUT2D eigenvalue weighted by molar-refractivity contribution is -0.130. The van der Waals surface area contributed by atoms with Crippen molar-refractivity contribution >= 4 is 5.91 Å². The van der Waals surface area contributed by atoms with Crippen LogP contribution in [0.1, 0.15) is 33.1 Å². The summed E-state index contributed by atoms with van der Waals surface area (Å²) in [7, 11) is 0. The zero-order chi connectivity index (χ0) is 9.42. The van der Waals surface area contributed by atoms with Crippen molar-refractivity contribution < 1.29 is 4.79 Å². The van der Waals surface area contributed by atoms with Crippen molar-refractivity contribution in [3.63, 3.8) is 0 Å². The first-order valence-electron chi connectivity index (χ1n) is 5.28. The number of hydrogen-bond donors (Lipinski definition) is 1. The average molecular weight is 182 g/mol. The topological polar surface area (TPSA) is 32.3 Å². The number of nitrogens with one attached hydrogen (secondary N) is 1. The minimum absolute atomic E-state index is 0.0844. The molecule has 0 aromatic carbocycles. The van der Waals surface area contributed by atoms with E-state index in [0.29, 0.717) is 11.9 Å². The first-order valence-corrected chi connectivity index (χ1v) is 5.28. The van der Waals surface area contributed by atoms with Crippen molar-refractivity contribution in [3.8, 4) is 0 Å². The van der Waals surface area contributed by atoms with Crippen LogP contribution in [-0.4, -0.2) is 29.6 Å². The summed E-state index contributed by atoms with van der Waals surface area (Å²) in [5.74, 6) is 1.09. The fraction of sp³-hybridized carbons (Fsp3) is 0.900. The summed E-state index contributed by atoms with van der Waals surface area (Å²) in [6, 6.07) is 0.540. The van der Waals surface area contributed by atoms with Crippen molar-refractivity contribution in [1.29, 1.82) is 0 Å². The van der Waals surface area contributed by atoms with Crippen LogP contribution in [0.2, 0.25) is 0 Å². The second-order valence-corrected chi connectivity index (χ2v) is 4.21. The highest BCUT2D eigenvalue weighted by Crippen LogP contribution is 2.35. The van der Waals surface area contributed by atoms with Crippen LogP contribution in [-0.2, 0) is 4.79 Å². The molecule has 3 nitrogen and oxygen atoms in total. The summed E-state index contributed by atoms with van der Waals surface area (Å²) >= 11 is 0. The number of carbonyl (C=O) groups excluding carboxylic acids is 1. The largest absolute Gasteiger partial charge is 0.326 e. The van der Waals surface area contributed by atoms with Crippen molar-refractivity contribution in [2.45, 2.75) is 45.2 Å². The third kappa shape index (κ3) is 1.57. The molecule has 0 spiro atoms. The van der Waals surface area contributed by atoms with E-state index < -0.39 is 0 Å². The molecule has 2 rings (SSSR count). The fourth-order valence-electron chi connectivity index (χ4n) is 2.07. The number of nitrogens with zero attached hydrogens (tertiary/aromatic N) is 1. The average Bonchev–Trinajstić information content (AvgIpc) is 2.89. The third-order valence-electron chi connectivity index (χ3n) is 3.29. The van der Waals surface area contributed by atoms with Crippen molar-refractivity contribution in [2.75, 3.05) is 6.67 Å². The lowest BCUT2D eigenvalue weighted by atomic mass is 10.1. The molecule has 2 unspecified atom stereocenters. The molecule has 3 heteroatoms. The third-order valence-corrected chi connectivity index (χ3v) is 3.29. The number of amides is 1. The molecule has 2 fully saturated rings. The molecule has 1 aliphatic carbocycles. The monoisotopic (exact) mass is 182 g/mol. The number of carbonyl (C=O) groups is 1. The quantitative estimate of drug-likeness (QED) is 0.705. The van der Waals surface area contributed by atoms with Crippen LogP contribution in [0, 0.1) is 5.92 Å². The van der Waals surface area contributed by atoms with Gasteiger partial charge in [0.1, 0.15) is 0 Å². The van der Waals surface area contributed by atoms with Gasteiger partial charge < -0.3 is 4.90 Å². The van der Waals surface area contributed by atoms with Crippen LogP contribution in [0.15, 0.2) is 0 Å². The first kappa shape index (κ1) is 9.00. The van der Waals surface area contributed by atoms with Gasteiger partial charge in [-0.05, 0) is 32.1 Å². The van der Waals surface area contributed by atoms with Crippen molar-refractivity contribution in [2.24, 2.45) is 5.92 Å². The maximum atomic E-state index is 11.8. The Bertz CT molecular complexity index is 213. The molecule has 1 saturated carbocycles. The molecule has 1 amide bonds. The van der Waals surface area contributed by atoms with Crippen LogP contribution in [0.4, 0.5) is 0 Å². The van der Waals surface area contributed by atoms with Gasteiger partial charge in [0.05, 0.1) is 12.7 Å². The summed E-state index contributed by atoms with van der Waals surface area (Å²) in [5, 5.41) is 3.25. The van der Waals surface area contributed by atoms with Crippen LogP contribution in [0.25, 0.3) is 0 Å². The van der Waals surface area contributed by atoms with Crippen molar-refractivity contribution in [3.05, 3.63) is 0 Å². The van der Waals surface area contributed by atoms with Crippen LogP contribution in [0.3, 0.4) is 0 Å². The second-order valence-electron chi connectivity index (χ2n) is 4.21. The minimum Gasteiger partial charge on any atom is -0.326 e. The van der Waals surface area contributed by atoms with E-state index in [-0.39, 0.29) is 6.04 Å². The van der Waals surface area contributed by atoms with E-state index in [4.69, 9.17) is 0 Å². The standard InChI is InChI=1S/C10H18N2O/c1-3-9-10(13)12(6-11-9)7(2)8-4-5-8/h7-9,11H,3-6H2,1-2H3. The van der Waals surface area contributed by atoms with Gasteiger partial charge in [-0.3, -0.25) is 10.1 Å². The molecular weight excluding hydrogens is 164 g/mol. The summed E-state index contributed by atoms with van der Waals surface area (Å²) in [5.41, 5.74) is 0. The zero-order valence-corrected chi connectivity index (χ0v) is 8.42. The van der Waals surface area contributed by atoms with Gasteiger partial charge >= 0.3 is 0 Å². The van der Waals surface area contributed by atoms with E-state index in [9.17, 15) is 4.79 Å². The van der Waals surface area contributed by atoms with Gasteiger partial charge in [-0.25, -0.2) is 0 Å². The zero-order valence-electron chi connectivity index (χ0n) is 8.42. The van der Waals surface area contributed by atoms with Gasteiger partial charge in [0.15, 0.2) is 0 Å². The van der Waals surface area contributed by atoms with E-state index in [1.807, 2.05) is 4.90 Å². The highest BCUT2D eigenvalue weighted by molar-refractivity contribution is 5.84. The van der Waals surface area contributed by atoms with Gasteiger partial charge in [0.2, 0.25) is 5.91 Å². The molecule has 0 aromatic rings. The number of hydrogen-bond acceptors (Lipinski definition) is 2. The normalized spacial score (nSPS) is 31.1. The van der Waals surface area contributed by atoms with E-state index in [1.165, 1.54) is 12.8 Å². The molecule has 1 saturated heterocycles. The van der Waals surface area contributed by atoms with Gasteiger partial charge in [0, 0.05) is 6.04 Å². The molecule has 13 heavy (non-hydrogen) atoms. The molecule has 2 atom stereocenters. The molecule has 2 aliphatic rings. The van der Waals surface area contributed by atoms with Crippen LogP contribution in [0.5, 0.6) is 0 Å². The van der Waals surface area contributed by atoms with Gasteiger partial charge in [-0.2, -0.15) is 0 Å². The Kier molecular flexibility index (Phi) is 2.28. The predicted octanol–water partition coefficient (Wildman–Crippen LogP) is 0.953. The van der Waals surface area contributed by atoms with Crippen LogP contribution < -0.4 is 5.32 Å². The number of rotatable bonds is 3. The molecule has 1 heterocycles. The van der Waals surface area contributed by atoms with Gasteiger partial charge in [-0.1, -0.05) is 6.92 Å². The van der Waals surface area contributed by atoms with Crippen LogP contribution >= 0.6 is 0 Å². The van der Waals surface area contributed by atoms with Crippen molar-refractivity contribution in [1.82, 2.24) is 10.2 Å². The lowest BCUT2D eigenvalue weighted by Crippen LogP contribution is -2.37. The Morgan fingerprint density at radius 2 is 2.31 bits per heavy atom. The summed E-state index contributed by atoms with van der Waals surface area (Å²) in [6.07, 6.45) is 3.52. The maximum Gasteiger partial charge on any atom is 0.241 e. The molecule has 0 bridgehead atoms. The smallest absolute Gasteiger partial charge is 0.241 e. The minimum atomic E-state index is 0.0844. The molecule has 1 N–H and O–H groups in total. The highest BCUT2D eigenvalue weighted by Gasteiger charge is 2.39. The fourth-order valence-corrected chi connectivity index (χ4v) is 2.07. The Morgan fingerprint density at radius 3 is 2.77 bits per heavy atom. The summed E-state index contributed by atoms with van der Waals surface area (Å²) in [6.45, 7) is 4.99. The summed E-state index contributed by atoms with van der Waals surface area (Å²) in [4.78, 5) is 13.8. The molecule has 0 aromatic heterocycles. The van der Waals surface area contributed by atoms with E-state index in [1.54, 1.807) is 0 Å². The molecular formula is C10H18N2O. The SMILES string of the molecule is CCC1NCN(C(C)C2CC2)C1=O.